The normalized spacial score (nSPS) is 14.3. The molecule has 5 nitrogen and oxygen atoms in total. The summed E-state index contributed by atoms with van der Waals surface area (Å²) in [7, 11) is 1.59. The molecule has 0 N–H and O–H groups in total. The van der Waals surface area contributed by atoms with Gasteiger partial charge in [-0.3, -0.25) is 4.79 Å². The number of benzene rings is 2. The molecule has 0 radical (unpaired) electrons. The molecule has 2 aromatic rings. The molecule has 0 spiro atoms. The monoisotopic (exact) mass is 498 g/mol. The topological polar surface area (TPSA) is 51.1 Å². The quantitative estimate of drug-likeness (QED) is 0.342. The van der Waals surface area contributed by atoms with E-state index in [0.29, 0.717) is 28.2 Å². The van der Waals surface area contributed by atoms with Crippen LogP contribution in [0.3, 0.4) is 0 Å². The molecular weight excluding hydrogens is 483 g/mol. The molecule has 1 heterocycles. The minimum absolute atomic E-state index is 0.110. The molecule has 1 fully saturated rings. The fraction of sp³-hybridized carbons (Fsp3) is 0.167. The van der Waals surface area contributed by atoms with Crippen LogP contribution in [-0.4, -0.2) is 34.3 Å². The fourth-order valence-corrected chi connectivity index (χ4v) is 4.01. The first-order valence-corrected chi connectivity index (χ1v) is 10.1. The van der Waals surface area contributed by atoms with E-state index < -0.39 is 0 Å². The number of carbonyl (C=O) groups excluding carboxylic acids is 1. The molecule has 0 aliphatic carbocycles. The van der Waals surface area contributed by atoms with Crippen molar-refractivity contribution in [1.82, 2.24) is 5.01 Å². The average molecular weight is 498 g/mol. The number of rotatable bonds is 6. The van der Waals surface area contributed by atoms with Crippen molar-refractivity contribution in [3.05, 3.63) is 57.2 Å². The number of thiocarbonyl (C=S) groups is 1. The third kappa shape index (κ3) is 4.54. The van der Waals surface area contributed by atoms with E-state index in [4.69, 9.17) is 21.7 Å². The Hall–Kier alpha value is -1.65. The van der Waals surface area contributed by atoms with Gasteiger partial charge in [0.15, 0.2) is 15.8 Å². The maximum atomic E-state index is 11.7. The molecule has 1 saturated heterocycles. The Labute approximate surface area is 174 Å². The van der Waals surface area contributed by atoms with Gasteiger partial charge in [-0.25, -0.2) is 0 Å². The molecule has 1 amide bonds. The van der Waals surface area contributed by atoms with E-state index in [9.17, 15) is 4.79 Å². The lowest BCUT2D eigenvalue weighted by Gasteiger charge is -2.14. The molecule has 0 aromatic heterocycles. The van der Waals surface area contributed by atoms with Crippen LogP contribution in [0.5, 0.6) is 11.5 Å². The molecule has 2 aromatic carbocycles. The number of hydrogen-bond donors (Lipinski definition) is 0. The minimum Gasteiger partial charge on any atom is -0.493 e. The Kier molecular flexibility index (Phi) is 6.49. The Bertz CT molecular complexity index is 843. The largest absolute Gasteiger partial charge is 0.493 e. The van der Waals surface area contributed by atoms with E-state index in [1.807, 2.05) is 42.5 Å². The van der Waals surface area contributed by atoms with Crippen LogP contribution in [0, 0.1) is 3.57 Å². The zero-order valence-electron chi connectivity index (χ0n) is 13.8. The average Bonchev–Trinajstić information content (AvgIpc) is 2.97. The lowest BCUT2D eigenvalue weighted by Crippen LogP contribution is -2.22. The highest BCUT2D eigenvalue weighted by molar-refractivity contribution is 14.1. The zero-order valence-corrected chi connectivity index (χ0v) is 17.6. The zero-order chi connectivity index (χ0) is 18.5. The number of hydrazone groups is 1. The van der Waals surface area contributed by atoms with Gasteiger partial charge in [0.05, 0.1) is 22.6 Å². The van der Waals surface area contributed by atoms with Crippen LogP contribution in [0.2, 0.25) is 0 Å². The van der Waals surface area contributed by atoms with Gasteiger partial charge < -0.3 is 9.47 Å². The van der Waals surface area contributed by atoms with Crippen molar-refractivity contribution < 1.29 is 14.3 Å². The van der Waals surface area contributed by atoms with Gasteiger partial charge in [-0.1, -0.05) is 54.3 Å². The lowest BCUT2D eigenvalue weighted by molar-refractivity contribution is -0.123. The second-order valence-corrected chi connectivity index (χ2v) is 8.08. The third-order valence-electron chi connectivity index (χ3n) is 3.53. The summed E-state index contributed by atoms with van der Waals surface area (Å²) in [5.74, 6) is 1.51. The van der Waals surface area contributed by atoms with E-state index >= 15 is 0 Å². The maximum absolute atomic E-state index is 11.7. The summed E-state index contributed by atoms with van der Waals surface area (Å²) >= 11 is 8.63. The maximum Gasteiger partial charge on any atom is 0.259 e. The van der Waals surface area contributed by atoms with Crippen LogP contribution in [0.1, 0.15) is 11.1 Å². The van der Waals surface area contributed by atoms with Crippen LogP contribution in [0.15, 0.2) is 47.6 Å². The Balaban J connectivity index is 1.78. The van der Waals surface area contributed by atoms with Crippen LogP contribution < -0.4 is 9.47 Å². The SMILES string of the molecule is COc1cc(/C=N/N2C(=O)CSC2=S)cc(I)c1OCc1ccccc1. The molecule has 134 valence electrons. The van der Waals surface area contributed by atoms with Crippen molar-refractivity contribution in [3.8, 4) is 11.5 Å². The standard InChI is InChI=1S/C18H15IN2O3S2/c1-23-15-8-13(9-20-21-16(22)11-26-18(21)25)7-14(19)17(15)24-10-12-5-3-2-4-6-12/h2-9H,10-11H2,1H3/b20-9+. The lowest BCUT2D eigenvalue weighted by atomic mass is 10.2. The van der Waals surface area contributed by atoms with Gasteiger partial charge in [0.25, 0.3) is 5.91 Å². The van der Waals surface area contributed by atoms with Gasteiger partial charge in [0.1, 0.15) is 6.61 Å². The fourth-order valence-electron chi connectivity index (χ4n) is 2.27. The molecule has 26 heavy (non-hydrogen) atoms. The summed E-state index contributed by atoms with van der Waals surface area (Å²) in [5, 5.41) is 5.44. The number of thioether (sulfide) groups is 1. The van der Waals surface area contributed by atoms with Crippen LogP contribution >= 0.6 is 46.6 Å². The van der Waals surface area contributed by atoms with Crippen LogP contribution in [0.25, 0.3) is 0 Å². The van der Waals surface area contributed by atoms with E-state index in [-0.39, 0.29) is 5.91 Å². The molecule has 0 atom stereocenters. The smallest absolute Gasteiger partial charge is 0.259 e. The summed E-state index contributed by atoms with van der Waals surface area (Å²) in [4.78, 5) is 11.7. The number of methoxy groups -OCH3 is 1. The molecule has 8 heteroatoms. The second kappa shape index (κ2) is 8.83. The number of halogens is 1. The number of hydrogen-bond acceptors (Lipinski definition) is 6. The highest BCUT2D eigenvalue weighted by Crippen LogP contribution is 2.34. The summed E-state index contributed by atoms with van der Waals surface area (Å²) in [6.07, 6.45) is 1.60. The van der Waals surface area contributed by atoms with Gasteiger partial charge in [-0.15, -0.1) is 0 Å². The molecule has 1 aliphatic heterocycles. The first-order valence-electron chi connectivity index (χ1n) is 7.66. The van der Waals surface area contributed by atoms with Crippen molar-refractivity contribution in [3.63, 3.8) is 0 Å². The van der Waals surface area contributed by atoms with E-state index in [1.54, 1.807) is 13.3 Å². The van der Waals surface area contributed by atoms with E-state index in [2.05, 4.69) is 27.7 Å². The van der Waals surface area contributed by atoms with Crippen molar-refractivity contribution in [2.24, 2.45) is 5.10 Å². The highest BCUT2D eigenvalue weighted by atomic mass is 127. The van der Waals surface area contributed by atoms with Crippen molar-refractivity contribution in [2.75, 3.05) is 12.9 Å². The Morgan fingerprint density at radius 1 is 1.35 bits per heavy atom. The summed E-state index contributed by atoms with van der Waals surface area (Å²) in [6.45, 7) is 0.453. The predicted molar refractivity (Wildman–Crippen MR) is 116 cm³/mol. The van der Waals surface area contributed by atoms with E-state index in [0.717, 1.165) is 14.7 Å². The molecule has 0 unspecified atom stereocenters. The van der Waals surface area contributed by atoms with Gasteiger partial charge in [-0.05, 0) is 45.9 Å². The van der Waals surface area contributed by atoms with Crippen molar-refractivity contribution in [2.45, 2.75) is 6.61 Å². The molecule has 0 saturated carbocycles. The van der Waals surface area contributed by atoms with Gasteiger partial charge in [-0.2, -0.15) is 10.1 Å². The highest BCUT2D eigenvalue weighted by Gasteiger charge is 2.26. The minimum atomic E-state index is -0.110. The predicted octanol–water partition coefficient (Wildman–Crippen LogP) is 4.07. The van der Waals surface area contributed by atoms with Crippen molar-refractivity contribution in [1.29, 1.82) is 0 Å². The number of ether oxygens (including phenoxy) is 2. The molecule has 1 aliphatic rings. The first-order chi connectivity index (χ1) is 12.6. The summed E-state index contributed by atoms with van der Waals surface area (Å²) in [6, 6.07) is 13.7. The number of amides is 1. The number of nitrogens with zero attached hydrogens (tertiary/aromatic N) is 2. The molecule has 3 rings (SSSR count). The number of carbonyl (C=O) groups is 1. The van der Waals surface area contributed by atoms with Crippen molar-refractivity contribution >= 4 is 63.0 Å². The molecular formula is C18H15IN2O3S2. The Morgan fingerprint density at radius 2 is 2.12 bits per heavy atom. The van der Waals surface area contributed by atoms with Gasteiger partial charge in [0.2, 0.25) is 0 Å². The van der Waals surface area contributed by atoms with Gasteiger partial charge >= 0.3 is 0 Å². The molecule has 0 bridgehead atoms. The second-order valence-electron chi connectivity index (χ2n) is 5.31. The van der Waals surface area contributed by atoms with Crippen LogP contribution in [-0.2, 0) is 11.4 Å². The summed E-state index contributed by atoms with van der Waals surface area (Å²) in [5.41, 5.74) is 1.88. The third-order valence-corrected chi connectivity index (χ3v) is 5.67. The van der Waals surface area contributed by atoms with Crippen LogP contribution in [0.4, 0.5) is 0 Å². The van der Waals surface area contributed by atoms with Gasteiger partial charge in [0, 0.05) is 0 Å². The summed E-state index contributed by atoms with van der Waals surface area (Å²) < 4.78 is 12.8. The first kappa shape index (κ1) is 19.1. The van der Waals surface area contributed by atoms with E-state index in [1.165, 1.54) is 16.8 Å². The Morgan fingerprint density at radius 3 is 2.77 bits per heavy atom.